The highest BCUT2D eigenvalue weighted by Crippen LogP contribution is 2.31. The van der Waals surface area contributed by atoms with Crippen LogP contribution in [0.1, 0.15) is 18.6 Å². The van der Waals surface area contributed by atoms with Crippen molar-refractivity contribution in [1.82, 2.24) is 0 Å². The van der Waals surface area contributed by atoms with Gasteiger partial charge in [-0.25, -0.2) is 4.39 Å². The summed E-state index contributed by atoms with van der Waals surface area (Å²) in [6, 6.07) is 4.48. The summed E-state index contributed by atoms with van der Waals surface area (Å²) in [5.41, 5.74) is 1.42. The number of ether oxygens (including phenoxy) is 2. The van der Waals surface area contributed by atoms with Crippen LogP contribution in [-0.2, 0) is 9.47 Å². The third-order valence-electron chi connectivity index (χ3n) is 3.60. The Balaban J connectivity index is 2.28. The molecule has 0 spiro atoms. The Morgan fingerprint density at radius 2 is 1.84 bits per heavy atom. The van der Waals surface area contributed by atoms with E-state index in [1.165, 1.54) is 12.1 Å². The summed E-state index contributed by atoms with van der Waals surface area (Å²) in [5.74, 6) is -0.342. The number of benzene rings is 1. The van der Waals surface area contributed by atoms with Gasteiger partial charge < -0.3 is 19.5 Å². The van der Waals surface area contributed by atoms with Gasteiger partial charge in [-0.05, 0) is 25.1 Å². The van der Waals surface area contributed by atoms with Crippen LogP contribution in [0.25, 0.3) is 0 Å². The van der Waals surface area contributed by atoms with Gasteiger partial charge in [0.25, 0.3) is 0 Å². The van der Waals surface area contributed by atoms with E-state index in [0.717, 1.165) is 5.69 Å². The van der Waals surface area contributed by atoms with E-state index >= 15 is 0 Å². The molecule has 3 atom stereocenters. The number of hydrogen-bond donors (Lipinski definition) is 1. The Labute approximate surface area is 112 Å². The summed E-state index contributed by atoms with van der Waals surface area (Å²) in [6.07, 6.45) is -0.748. The fourth-order valence-corrected chi connectivity index (χ4v) is 2.54. The molecule has 4 nitrogen and oxygen atoms in total. The van der Waals surface area contributed by atoms with Crippen molar-refractivity contribution in [3.63, 3.8) is 0 Å². The van der Waals surface area contributed by atoms with Gasteiger partial charge >= 0.3 is 0 Å². The Morgan fingerprint density at radius 1 is 1.26 bits per heavy atom. The molecule has 1 saturated heterocycles. The first-order valence-electron chi connectivity index (χ1n) is 6.35. The lowest BCUT2D eigenvalue weighted by Crippen LogP contribution is -2.27. The van der Waals surface area contributed by atoms with Crippen LogP contribution in [0, 0.1) is 5.82 Å². The molecule has 1 aliphatic heterocycles. The van der Waals surface area contributed by atoms with Gasteiger partial charge in [-0.3, -0.25) is 0 Å². The molecular weight excluding hydrogens is 249 g/mol. The SMILES string of the molecule is COC1CN(c2ccc(F)cc2[C@H](C)O)CC1OC. The zero-order chi connectivity index (χ0) is 14.0. The van der Waals surface area contributed by atoms with Crippen molar-refractivity contribution in [2.45, 2.75) is 25.2 Å². The van der Waals surface area contributed by atoms with Crippen LogP contribution in [0.3, 0.4) is 0 Å². The zero-order valence-electron chi connectivity index (χ0n) is 11.5. The van der Waals surface area contributed by atoms with Gasteiger partial charge in [0.1, 0.15) is 18.0 Å². The van der Waals surface area contributed by atoms with E-state index in [1.807, 2.05) is 0 Å². The van der Waals surface area contributed by atoms with Gasteiger partial charge in [-0.15, -0.1) is 0 Å². The minimum Gasteiger partial charge on any atom is -0.389 e. The van der Waals surface area contributed by atoms with E-state index in [0.29, 0.717) is 18.7 Å². The molecule has 1 N–H and O–H groups in total. The third kappa shape index (κ3) is 2.88. The number of aliphatic hydroxyl groups is 1. The lowest BCUT2D eigenvalue weighted by atomic mass is 10.1. The van der Waals surface area contributed by atoms with E-state index in [1.54, 1.807) is 27.2 Å². The van der Waals surface area contributed by atoms with Gasteiger partial charge in [0, 0.05) is 38.6 Å². The van der Waals surface area contributed by atoms with Crippen LogP contribution in [0.15, 0.2) is 18.2 Å². The van der Waals surface area contributed by atoms with Crippen LogP contribution >= 0.6 is 0 Å². The molecule has 1 aliphatic rings. The summed E-state index contributed by atoms with van der Waals surface area (Å²) < 4.78 is 24.1. The minimum atomic E-state index is -0.715. The third-order valence-corrected chi connectivity index (χ3v) is 3.60. The molecular formula is C14H20FNO3. The number of nitrogens with zero attached hydrogens (tertiary/aromatic N) is 1. The molecule has 1 fully saturated rings. The average Bonchev–Trinajstić information content (AvgIpc) is 2.81. The largest absolute Gasteiger partial charge is 0.389 e. The summed E-state index contributed by atoms with van der Waals surface area (Å²) >= 11 is 0. The highest BCUT2D eigenvalue weighted by molar-refractivity contribution is 5.56. The number of anilines is 1. The van der Waals surface area contributed by atoms with Crippen molar-refractivity contribution >= 4 is 5.69 Å². The summed E-state index contributed by atoms with van der Waals surface area (Å²) in [7, 11) is 3.31. The number of aliphatic hydroxyl groups excluding tert-OH is 1. The number of hydrogen-bond acceptors (Lipinski definition) is 4. The summed E-state index contributed by atoms with van der Waals surface area (Å²) in [6.45, 7) is 2.97. The molecule has 2 unspecified atom stereocenters. The van der Waals surface area contributed by atoms with Crippen molar-refractivity contribution in [2.24, 2.45) is 0 Å². The van der Waals surface area contributed by atoms with Gasteiger partial charge in [0.15, 0.2) is 0 Å². The van der Waals surface area contributed by atoms with Crippen molar-refractivity contribution in [3.8, 4) is 0 Å². The second-order valence-corrected chi connectivity index (χ2v) is 4.83. The molecule has 106 valence electrons. The molecule has 0 radical (unpaired) electrons. The minimum absolute atomic E-state index is 0.0168. The Bertz CT molecular complexity index is 427. The molecule has 0 saturated carbocycles. The summed E-state index contributed by atoms with van der Waals surface area (Å²) in [4.78, 5) is 2.06. The monoisotopic (exact) mass is 269 g/mol. The molecule has 5 heteroatoms. The topological polar surface area (TPSA) is 41.9 Å². The molecule has 1 aromatic rings. The van der Waals surface area contributed by atoms with Crippen LogP contribution in [0.2, 0.25) is 0 Å². The van der Waals surface area contributed by atoms with Crippen molar-refractivity contribution in [2.75, 3.05) is 32.2 Å². The zero-order valence-corrected chi connectivity index (χ0v) is 11.5. The molecule has 0 bridgehead atoms. The van der Waals surface area contributed by atoms with Gasteiger partial charge in [-0.2, -0.15) is 0 Å². The van der Waals surface area contributed by atoms with E-state index in [9.17, 15) is 9.50 Å². The molecule has 0 amide bonds. The predicted octanol–water partition coefficient (Wildman–Crippen LogP) is 1.73. The van der Waals surface area contributed by atoms with Gasteiger partial charge in [0.2, 0.25) is 0 Å². The number of rotatable bonds is 4. The van der Waals surface area contributed by atoms with E-state index in [2.05, 4.69) is 4.90 Å². The van der Waals surface area contributed by atoms with E-state index < -0.39 is 6.10 Å². The Hall–Kier alpha value is -1.17. The van der Waals surface area contributed by atoms with Gasteiger partial charge in [0.05, 0.1) is 6.10 Å². The first kappa shape index (κ1) is 14.2. The normalized spacial score (nSPS) is 24.8. The molecule has 0 aliphatic carbocycles. The molecule has 1 heterocycles. The van der Waals surface area contributed by atoms with Crippen LogP contribution in [0.5, 0.6) is 0 Å². The fraction of sp³-hybridized carbons (Fsp3) is 0.571. The smallest absolute Gasteiger partial charge is 0.123 e. The van der Waals surface area contributed by atoms with Crippen molar-refractivity contribution in [1.29, 1.82) is 0 Å². The predicted molar refractivity (Wildman–Crippen MR) is 70.8 cm³/mol. The Kier molecular flexibility index (Phi) is 4.39. The highest BCUT2D eigenvalue weighted by atomic mass is 19.1. The average molecular weight is 269 g/mol. The second kappa shape index (κ2) is 5.86. The molecule has 1 aromatic carbocycles. The lowest BCUT2D eigenvalue weighted by molar-refractivity contribution is -0.00461. The standard InChI is InChI=1S/C14H20FNO3/c1-9(17)11-6-10(15)4-5-12(11)16-7-13(18-2)14(8-16)19-3/h4-6,9,13-14,17H,7-8H2,1-3H3/t9-,13?,14?/m0/s1. The first-order valence-corrected chi connectivity index (χ1v) is 6.35. The lowest BCUT2D eigenvalue weighted by Gasteiger charge is -2.23. The maximum absolute atomic E-state index is 13.3. The maximum atomic E-state index is 13.3. The fourth-order valence-electron chi connectivity index (χ4n) is 2.54. The van der Waals surface area contributed by atoms with Crippen LogP contribution < -0.4 is 4.90 Å². The molecule has 19 heavy (non-hydrogen) atoms. The van der Waals surface area contributed by atoms with Crippen molar-refractivity contribution < 1.29 is 19.0 Å². The quantitative estimate of drug-likeness (QED) is 0.904. The maximum Gasteiger partial charge on any atom is 0.123 e. The van der Waals surface area contributed by atoms with Crippen LogP contribution in [0.4, 0.5) is 10.1 Å². The van der Waals surface area contributed by atoms with Gasteiger partial charge in [-0.1, -0.05) is 0 Å². The highest BCUT2D eigenvalue weighted by Gasteiger charge is 2.34. The number of halogens is 1. The summed E-state index contributed by atoms with van der Waals surface area (Å²) in [5, 5.41) is 9.78. The van der Waals surface area contributed by atoms with E-state index in [4.69, 9.17) is 9.47 Å². The van der Waals surface area contributed by atoms with E-state index in [-0.39, 0.29) is 18.0 Å². The first-order chi connectivity index (χ1) is 9.06. The van der Waals surface area contributed by atoms with Crippen LogP contribution in [-0.4, -0.2) is 44.6 Å². The number of methoxy groups -OCH3 is 2. The molecule has 2 rings (SSSR count). The second-order valence-electron chi connectivity index (χ2n) is 4.83. The van der Waals surface area contributed by atoms with Crippen molar-refractivity contribution in [3.05, 3.63) is 29.6 Å². The molecule has 0 aromatic heterocycles. The Morgan fingerprint density at radius 3 is 2.32 bits per heavy atom.